The Balaban J connectivity index is 1.96. The van der Waals surface area contributed by atoms with Crippen molar-refractivity contribution in [1.82, 2.24) is 5.32 Å². The Morgan fingerprint density at radius 1 is 1.35 bits per heavy atom. The number of hydrogen-bond donors (Lipinski definition) is 2. The quantitative estimate of drug-likeness (QED) is 0.810. The third-order valence-corrected chi connectivity index (χ3v) is 4.45. The summed E-state index contributed by atoms with van der Waals surface area (Å²) >= 11 is 0. The highest BCUT2D eigenvalue weighted by Crippen LogP contribution is 2.23. The first-order chi connectivity index (χ1) is 11.1. The molecule has 3 unspecified atom stereocenters. The van der Waals surface area contributed by atoms with Gasteiger partial charge in [0.25, 0.3) is 0 Å². The van der Waals surface area contributed by atoms with E-state index in [0.717, 1.165) is 24.8 Å². The molecule has 1 saturated heterocycles. The molecule has 2 rings (SSSR count). The van der Waals surface area contributed by atoms with E-state index in [2.05, 4.69) is 5.32 Å². The molecule has 1 amide bonds. The number of amides is 1. The molecule has 0 radical (unpaired) electrons. The van der Waals surface area contributed by atoms with Crippen LogP contribution in [0.5, 0.6) is 0 Å². The summed E-state index contributed by atoms with van der Waals surface area (Å²) in [6.45, 7) is 3.10. The first kappa shape index (κ1) is 17.5. The first-order valence-corrected chi connectivity index (χ1v) is 8.26. The highest BCUT2D eigenvalue weighted by Gasteiger charge is 2.31. The second-order valence-electron chi connectivity index (χ2n) is 6.08. The maximum absolute atomic E-state index is 12.3. The summed E-state index contributed by atoms with van der Waals surface area (Å²) in [5.41, 5.74) is 1.11. The zero-order chi connectivity index (χ0) is 16.7. The average Bonchev–Trinajstić information content (AvgIpc) is 2.59. The Bertz CT molecular complexity index is 511. The highest BCUT2D eigenvalue weighted by molar-refractivity contribution is 5.84. The molecule has 0 aromatic heterocycles. The van der Waals surface area contributed by atoms with Crippen molar-refractivity contribution in [2.75, 3.05) is 13.2 Å². The lowest BCUT2D eigenvalue weighted by Gasteiger charge is -2.28. The van der Waals surface area contributed by atoms with Crippen molar-refractivity contribution < 1.29 is 19.4 Å². The van der Waals surface area contributed by atoms with Crippen LogP contribution in [0.1, 0.15) is 44.1 Å². The van der Waals surface area contributed by atoms with E-state index in [1.165, 1.54) is 0 Å². The van der Waals surface area contributed by atoms with Crippen molar-refractivity contribution in [1.29, 1.82) is 0 Å². The molecule has 5 nitrogen and oxygen atoms in total. The summed E-state index contributed by atoms with van der Waals surface area (Å²) in [6.07, 6.45) is 2.75. The predicted octanol–water partition coefficient (Wildman–Crippen LogP) is 2.57. The summed E-state index contributed by atoms with van der Waals surface area (Å²) in [7, 11) is 0. The van der Waals surface area contributed by atoms with E-state index in [1.807, 2.05) is 37.3 Å². The lowest BCUT2D eigenvalue weighted by atomic mass is 9.91. The molecule has 0 spiro atoms. The van der Waals surface area contributed by atoms with Crippen LogP contribution in [0.25, 0.3) is 0 Å². The Morgan fingerprint density at radius 3 is 2.65 bits per heavy atom. The molecule has 1 aromatic rings. The molecule has 1 aliphatic rings. The Labute approximate surface area is 137 Å². The summed E-state index contributed by atoms with van der Waals surface area (Å²) < 4.78 is 5.35. The topological polar surface area (TPSA) is 75.6 Å². The van der Waals surface area contributed by atoms with Gasteiger partial charge < -0.3 is 15.2 Å². The van der Waals surface area contributed by atoms with Crippen molar-refractivity contribution in [3.05, 3.63) is 35.9 Å². The fourth-order valence-electron chi connectivity index (χ4n) is 3.09. The molecule has 1 heterocycles. The number of aliphatic carboxylic acids is 1. The van der Waals surface area contributed by atoms with Crippen LogP contribution in [0.15, 0.2) is 30.3 Å². The van der Waals surface area contributed by atoms with Crippen LogP contribution in [0.4, 0.5) is 0 Å². The molecule has 23 heavy (non-hydrogen) atoms. The molecule has 0 bridgehead atoms. The van der Waals surface area contributed by atoms with Crippen LogP contribution in [0.2, 0.25) is 0 Å². The van der Waals surface area contributed by atoms with Crippen LogP contribution >= 0.6 is 0 Å². The number of benzene rings is 1. The van der Waals surface area contributed by atoms with Gasteiger partial charge in [-0.15, -0.1) is 0 Å². The van der Waals surface area contributed by atoms with Gasteiger partial charge in [0, 0.05) is 18.9 Å². The van der Waals surface area contributed by atoms with Gasteiger partial charge in [-0.3, -0.25) is 4.79 Å². The predicted molar refractivity (Wildman–Crippen MR) is 87.2 cm³/mol. The lowest BCUT2D eigenvalue weighted by molar-refractivity contribution is -0.145. The fourth-order valence-corrected chi connectivity index (χ4v) is 3.09. The van der Waals surface area contributed by atoms with Gasteiger partial charge in [0.05, 0.1) is 6.61 Å². The molecule has 5 heteroatoms. The lowest BCUT2D eigenvalue weighted by Crippen LogP contribution is -2.48. The maximum atomic E-state index is 12.3. The minimum atomic E-state index is -0.985. The number of carbonyl (C=O) groups excluding carboxylic acids is 1. The highest BCUT2D eigenvalue weighted by atomic mass is 16.5. The number of carboxylic acid groups (broad SMARTS) is 1. The second kappa shape index (κ2) is 8.67. The van der Waals surface area contributed by atoms with E-state index >= 15 is 0 Å². The van der Waals surface area contributed by atoms with Gasteiger partial charge in [-0.05, 0) is 30.7 Å². The molecular weight excluding hydrogens is 294 g/mol. The number of nitrogens with one attached hydrogen (secondary N) is 1. The SMILES string of the molecule is CCC(CC(=O)NC(C(=O)O)C1CCCOC1)c1ccccc1. The van der Waals surface area contributed by atoms with Crippen molar-refractivity contribution in [3.8, 4) is 0 Å². The van der Waals surface area contributed by atoms with E-state index in [-0.39, 0.29) is 17.7 Å². The standard InChI is InChI=1S/C18H25NO4/c1-2-13(14-7-4-3-5-8-14)11-16(20)19-17(18(21)22)15-9-6-10-23-12-15/h3-5,7-8,13,15,17H,2,6,9-12H2,1H3,(H,19,20)(H,21,22). The summed E-state index contributed by atoms with van der Waals surface area (Å²) in [5.74, 6) is -1.24. The van der Waals surface area contributed by atoms with Crippen molar-refractivity contribution in [2.45, 2.75) is 44.6 Å². The van der Waals surface area contributed by atoms with Gasteiger partial charge in [-0.1, -0.05) is 37.3 Å². The molecule has 3 atom stereocenters. The number of ether oxygens (including phenoxy) is 1. The molecule has 2 N–H and O–H groups in total. The summed E-state index contributed by atoms with van der Waals surface area (Å²) in [5, 5.41) is 12.1. The minimum absolute atomic E-state index is 0.105. The third kappa shape index (κ3) is 5.06. The fraction of sp³-hybridized carbons (Fsp3) is 0.556. The second-order valence-corrected chi connectivity index (χ2v) is 6.08. The van der Waals surface area contributed by atoms with E-state index in [1.54, 1.807) is 0 Å². The first-order valence-electron chi connectivity index (χ1n) is 8.26. The van der Waals surface area contributed by atoms with Crippen LogP contribution in [0.3, 0.4) is 0 Å². The van der Waals surface area contributed by atoms with Gasteiger partial charge in [-0.2, -0.15) is 0 Å². The van der Waals surface area contributed by atoms with Gasteiger partial charge >= 0.3 is 5.97 Å². The van der Waals surface area contributed by atoms with Crippen LogP contribution in [-0.4, -0.2) is 36.2 Å². The van der Waals surface area contributed by atoms with Crippen LogP contribution in [-0.2, 0) is 14.3 Å². The maximum Gasteiger partial charge on any atom is 0.326 e. The smallest absolute Gasteiger partial charge is 0.326 e. The average molecular weight is 319 g/mol. The molecule has 1 aromatic carbocycles. The van der Waals surface area contributed by atoms with Crippen molar-refractivity contribution >= 4 is 11.9 Å². The van der Waals surface area contributed by atoms with E-state index in [9.17, 15) is 14.7 Å². The van der Waals surface area contributed by atoms with Crippen molar-refractivity contribution in [2.24, 2.45) is 5.92 Å². The molecule has 0 aliphatic carbocycles. The van der Waals surface area contributed by atoms with E-state index in [0.29, 0.717) is 19.6 Å². The Hall–Kier alpha value is -1.88. The van der Waals surface area contributed by atoms with Gasteiger partial charge in [0.1, 0.15) is 6.04 Å². The van der Waals surface area contributed by atoms with Gasteiger partial charge in [-0.25, -0.2) is 4.79 Å². The Kier molecular flexibility index (Phi) is 6.59. The van der Waals surface area contributed by atoms with Crippen LogP contribution < -0.4 is 5.32 Å². The molecular formula is C18H25NO4. The third-order valence-electron chi connectivity index (χ3n) is 4.45. The number of rotatable bonds is 7. The number of hydrogen-bond acceptors (Lipinski definition) is 3. The van der Waals surface area contributed by atoms with Gasteiger partial charge in [0.2, 0.25) is 5.91 Å². The normalized spacial score (nSPS) is 20.5. The molecule has 126 valence electrons. The zero-order valence-electron chi connectivity index (χ0n) is 13.5. The largest absolute Gasteiger partial charge is 0.480 e. The zero-order valence-corrected chi connectivity index (χ0v) is 13.5. The molecule has 1 aliphatic heterocycles. The molecule has 0 saturated carbocycles. The van der Waals surface area contributed by atoms with Crippen molar-refractivity contribution in [3.63, 3.8) is 0 Å². The van der Waals surface area contributed by atoms with Gasteiger partial charge in [0.15, 0.2) is 0 Å². The number of carbonyl (C=O) groups is 2. The minimum Gasteiger partial charge on any atom is -0.480 e. The van der Waals surface area contributed by atoms with Crippen LogP contribution in [0, 0.1) is 5.92 Å². The molecule has 1 fully saturated rings. The van der Waals surface area contributed by atoms with E-state index in [4.69, 9.17) is 4.74 Å². The number of carboxylic acids is 1. The summed E-state index contributed by atoms with van der Waals surface area (Å²) in [4.78, 5) is 23.8. The monoisotopic (exact) mass is 319 g/mol. The van der Waals surface area contributed by atoms with E-state index < -0.39 is 12.0 Å². The summed E-state index contributed by atoms with van der Waals surface area (Å²) in [6, 6.07) is 9.00. The Morgan fingerprint density at radius 2 is 2.09 bits per heavy atom.